The zero-order valence-corrected chi connectivity index (χ0v) is 10.0. The lowest BCUT2D eigenvalue weighted by Gasteiger charge is -2.34. The highest BCUT2D eigenvalue weighted by atomic mass is 19.1. The Morgan fingerprint density at radius 1 is 1.22 bits per heavy atom. The summed E-state index contributed by atoms with van der Waals surface area (Å²) >= 11 is 0. The van der Waals surface area contributed by atoms with Gasteiger partial charge in [-0.3, -0.25) is 4.79 Å². The minimum absolute atomic E-state index is 0.00347. The van der Waals surface area contributed by atoms with E-state index in [0.717, 1.165) is 18.2 Å². The molecule has 0 aliphatic carbocycles. The topological polar surface area (TPSA) is 35.5 Å². The van der Waals surface area contributed by atoms with E-state index >= 15 is 0 Å². The van der Waals surface area contributed by atoms with Crippen LogP contribution in [0, 0.1) is 11.6 Å². The summed E-state index contributed by atoms with van der Waals surface area (Å²) in [5.74, 6) is -1.93. The molecule has 98 valence electrons. The van der Waals surface area contributed by atoms with Crippen LogP contribution in [0.2, 0.25) is 0 Å². The molecule has 1 aromatic rings. The van der Waals surface area contributed by atoms with Gasteiger partial charge in [-0.25, -0.2) is 8.78 Å². The monoisotopic (exact) mass is 256 g/mol. The number of rotatable bonds is 3. The van der Waals surface area contributed by atoms with Crippen molar-refractivity contribution in [3.8, 4) is 0 Å². The first-order valence-corrected chi connectivity index (χ1v) is 5.71. The number of Topliss-reactive ketones (excluding diaryl/α,β-unsaturated/α-hetero) is 1. The summed E-state index contributed by atoms with van der Waals surface area (Å²) in [6.07, 6.45) is 0.779. The van der Waals surface area contributed by atoms with Crippen molar-refractivity contribution in [2.24, 2.45) is 0 Å². The van der Waals surface area contributed by atoms with Gasteiger partial charge in [0.15, 0.2) is 5.78 Å². The minimum atomic E-state index is -1.03. The molecule has 5 heteroatoms. The molecule has 0 bridgehead atoms. The van der Waals surface area contributed by atoms with Gasteiger partial charge in [-0.2, -0.15) is 0 Å². The summed E-state index contributed by atoms with van der Waals surface area (Å²) in [6.45, 7) is 0.800. The molecule has 1 fully saturated rings. The normalized spacial score (nSPS) is 18.6. The van der Waals surface area contributed by atoms with E-state index in [-0.39, 0.29) is 5.56 Å². The number of hydrogen-bond acceptors (Lipinski definition) is 3. The van der Waals surface area contributed by atoms with Crippen molar-refractivity contribution < 1.29 is 23.0 Å². The van der Waals surface area contributed by atoms with Crippen LogP contribution in [0.5, 0.6) is 0 Å². The lowest BCUT2D eigenvalue weighted by atomic mass is 9.85. The predicted molar refractivity (Wildman–Crippen MR) is 60.5 cm³/mol. The van der Waals surface area contributed by atoms with E-state index in [4.69, 9.17) is 9.47 Å². The van der Waals surface area contributed by atoms with Crippen molar-refractivity contribution in [2.75, 3.05) is 20.3 Å². The molecule has 1 aliphatic heterocycles. The van der Waals surface area contributed by atoms with E-state index < -0.39 is 23.0 Å². The van der Waals surface area contributed by atoms with Crippen molar-refractivity contribution in [3.63, 3.8) is 0 Å². The Morgan fingerprint density at radius 3 is 2.28 bits per heavy atom. The van der Waals surface area contributed by atoms with Gasteiger partial charge in [0.05, 0.1) is 0 Å². The first-order chi connectivity index (χ1) is 8.57. The van der Waals surface area contributed by atoms with Crippen LogP contribution in [0.25, 0.3) is 0 Å². The molecule has 0 spiro atoms. The average molecular weight is 256 g/mol. The maximum absolute atomic E-state index is 13.1. The van der Waals surface area contributed by atoms with Crippen molar-refractivity contribution >= 4 is 5.78 Å². The molecule has 1 aliphatic rings. The Balaban J connectivity index is 2.33. The number of ketones is 1. The van der Waals surface area contributed by atoms with Crippen LogP contribution in [0.4, 0.5) is 8.78 Å². The number of carbonyl (C=O) groups excluding carboxylic acids is 1. The van der Waals surface area contributed by atoms with Gasteiger partial charge in [-0.05, 0) is 12.1 Å². The predicted octanol–water partition coefficient (Wildman–Crippen LogP) is 2.34. The van der Waals surface area contributed by atoms with Crippen molar-refractivity contribution in [1.82, 2.24) is 0 Å². The molecule has 0 atom stereocenters. The summed E-state index contributed by atoms with van der Waals surface area (Å²) in [5, 5.41) is 0. The zero-order valence-electron chi connectivity index (χ0n) is 10.0. The Labute approximate surface area is 104 Å². The van der Waals surface area contributed by atoms with E-state index in [1.165, 1.54) is 7.11 Å². The first-order valence-electron chi connectivity index (χ1n) is 5.71. The fourth-order valence-electron chi connectivity index (χ4n) is 2.17. The first kappa shape index (κ1) is 13.1. The second-order valence-corrected chi connectivity index (χ2v) is 4.30. The molecule has 1 heterocycles. The summed E-state index contributed by atoms with van der Waals surface area (Å²) in [7, 11) is 1.43. The van der Waals surface area contributed by atoms with Gasteiger partial charge in [0.25, 0.3) is 0 Å². The third-order valence-electron chi connectivity index (χ3n) is 3.23. The number of hydrogen-bond donors (Lipinski definition) is 0. The largest absolute Gasteiger partial charge is 0.381 e. The molecule has 0 saturated carbocycles. The highest BCUT2D eigenvalue weighted by molar-refractivity contribution is 6.02. The van der Waals surface area contributed by atoms with Crippen LogP contribution in [0.15, 0.2) is 18.2 Å². The van der Waals surface area contributed by atoms with Crippen LogP contribution in [-0.2, 0) is 9.47 Å². The third-order valence-corrected chi connectivity index (χ3v) is 3.23. The smallest absolute Gasteiger partial charge is 0.194 e. The summed E-state index contributed by atoms with van der Waals surface area (Å²) < 4.78 is 36.7. The van der Waals surface area contributed by atoms with E-state index in [2.05, 4.69) is 0 Å². The Bertz CT molecular complexity index is 433. The van der Waals surface area contributed by atoms with Gasteiger partial charge in [0, 0.05) is 44.8 Å². The molecule has 0 radical (unpaired) electrons. The fraction of sp³-hybridized carbons (Fsp3) is 0.462. The highest BCUT2D eigenvalue weighted by Crippen LogP contribution is 2.29. The quantitative estimate of drug-likeness (QED) is 0.779. The molecule has 0 N–H and O–H groups in total. The van der Waals surface area contributed by atoms with Gasteiger partial charge in [-0.15, -0.1) is 0 Å². The highest BCUT2D eigenvalue weighted by Gasteiger charge is 2.40. The second-order valence-electron chi connectivity index (χ2n) is 4.30. The van der Waals surface area contributed by atoms with Gasteiger partial charge in [-0.1, -0.05) is 0 Å². The van der Waals surface area contributed by atoms with Crippen LogP contribution in [0.1, 0.15) is 23.2 Å². The summed E-state index contributed by atoms with van der Waals surface area (Å²) in [6, 6.07) is 2.80. The molecule has 18 heavy (non-hydrogen) atoms. The summed E-state index contributed by atoms with van der Waals surface area (Å²) in [4.78, 5) is 12.3. The number of halogens is 2. The lowest BCUT2D eigenvalue weighted by Crippen LogP contribution is -2.45. The number of methoxy groups -OCH3 is 1. The van der Waals surface area contributed by atoms with E-state index in [0.29, 0.717) is 26.1 Å². The number of ether oxygens (including phenoxy) is 2. The fourth-order valence-corrected chi connectivity index (χ4v) is 2.17. The Kier molecular flexibility index (Phi) is 3.73. The molecule has 2 rings (SSSR count). The number of benzene rings is 1. The summed E-state index contributed by atoms with van der Waals surface area (Å²) in [5.41, 5.74) is -1.03. The Morgan fingerprint density at radius 2 is 1.78 bits per heavy atom. The molecule has 3 nitrogen and oxygen atoms in total. The van der Waals surface area contributed by atoms with Crippen molar-refractivity contribution in [3.05, 3.63) is 35.4 Å². The molecular weight excluding hydrogens is 242 g/mol. The lowest BCUT2D eigenvalue weighted by molar-refractivity contribution is -0.0663. The maximum Gasteiger partial charge on any atom is 0.194 e. The van der Waals surface area contributed by atoms with Gasteiger partial charge < -0.3 is 9.47 Å². The van der Waals surface area contributed by atoms with Gasteiger partial charge in [0.2, 0.25) is 0 Å². The second kappa shape index (κ2) is 5.12. The maximum atomic E-state index is 13.1. The van der Waals surface area contributed by atoms with Gasteiger partial charge in [0.1, 0.15) is 17.2 Å². The SMILES string of the molecule is COC1(C(=O)c2cc(F)cc(F)c2)CCOCC1. The van der Waals surface area contributed by atoms with Crippen LogP contribution in [-0.4, -0.2) is 31.7 Å². The average Bonchev–Trinajstić information content (AvgIpc) is 2.37. The van der Waals surface area contributed by atoms with Crippen molar-refractivity contribution in [2.45, 2.75) is 18.4 Å². The zero-order chi connectivity index (χ0) is 13.2. The van der Waals surface area contributed by atoms with E-state index in [1.807, 2.05) is 0 Å². The molecule has 0 aromatic heterocycles. The van der Waals surface area contributed by atoms with Crippen molar-refractivity contribution in [1.29, 1.82) is 0 Å². The van der Waals surface area contributed by atoms with E-state index in [1.54, 1.807) is 0 Å². The molecular formula is C13H14F2O3. The third kappa shape index (κ3) is 2.42. The van der Waals surface area contributed by atoms with Crippen LogP contribution in [0.3, 0.4) is 0 Å². The van der Waals surface area contributed by atoms with E-state index in [9.17, 15) is 13.6 Å². The molecule has 1 saturated heterocycles. The Hall–Kier alpha value is -1.33. The molecule has 0 unspecified atom stereocenters. The number of carbonyl (C=O) groups is 1. The standard InChI is InChI=1S/C13H14F2O3/c1-17-13(2-4-18-5-3-13)12(16)9-6-10(14)8-11(15)7-9/h6-8H,2-5H2,1H3. The molecule has 0 amide bonds. The van der Waals surface area contributed by atoms with Crippen LogP contribution < -0.4 is 0 Å². The van der Waals surface area contributed by atoms with Gasteiger partial charge >= 0.3 is 0 Å². The molecule has 1 aromatic carbocycles. The minimum Gasteiger partial charge on any atom is -0.381 e. The van der Waals surface area contributed by atoms with Crippen LogP contribution >= 0.6 is 0 Å².